The summed E-state index contributed by atoms with van der Waals surface area (Å²) < 4.78 is 33.5. The summed E-state index contributed by atoms with van der Waals surface area (Å²) >= 11 is 6.07. The minimum absolute atomic E-state index is 0.0928. The number of β-lactam (4-membered cyclic amide) rings is 1. The third-order valence-corrected chi connectivity index (χ3v) is 8.20. The van der Waals surface area contributed by atoms with Gasteiger partial charge in [-0.2, -0.15) is 8.42 Å². The molecule has 0 bridgehead atoms. The Labute approximate surface area is 231 Å². The summed E-state index contributed by atoms with van der Waals surface area (Å²) in [6.07, 6.45) is -0.0633. The number of carbonyl (C=O) groups is 1. The Hall–Kier alpha value is -3.69. The van der Waals surface area contributed by atoms with Crippen molar-refractivity contribution in [3.05, 3.63) is 113 Å². The molecule has 1 saturated heterocycles. The van der Waals surface area contributed by atoms with Crippen LogP contribution in [0.5, 0.6) is 5.75 Å². The fraction of sp³-hybridized carbons (Fsp3) is 0.167. The zero-order chi connectivity index (χ0) is 27.7. The molecule has 9 heteroatoms. The highest BCUT2D eigenvalue weighted by Crippen LogP contribution is 2.48. The van der Waals surface area contributed by atoms with E-state index in [-0.39, 0.29) is 27.7 Å². The Morgan fingerprint density at radius 2 is 1.59 bits per heavy atom. The fourth-order valence-corrected chi connectivity index (χ4v) is 6.09. The average Bonchev–Trinajstić information content (AvgIpc) is 2.91. The SMILES string of the molecule is O=C1C(CCC(O)c2cccc(Cl)c2)C(c2ccc(-c3ccccc3S(=O)(=O)O)c(O)c2)N1c1ccccc1. The van der Waals surface area contributed by atoms with Crippen LogP contribution in [0.4, 0.5) is 5.69 Å². The van der Waals surface area contributed by atoms with Crippen LogP contribution in [0.1, 0.15) is 36.1 Å². The van der Waals surface area contributed by atoms with E-state index in [1.54, 1.807) is 47.4 Å². The van der Waals surface area contributed by atoms with Gasteiger partial charge in [0.2, 0.25) is 5.91 Å². The minimum Gasteiger partial charge on any atom is -0.507 e. The number of para-hydroxylation sites is 1. The van der Waals surface area contributed by atoms with Gasteiger partial charge in [-0.25, -0.2) is 0 Å². The number of hydrogen-bond donors (Lipinski definition) is 3. The highest BCUT2D eigenvalue weighted by molar-refractivity contribution is 7.86. The maximum absolute atomic E-state index is 13.3. The predicted octanol–water partition coefficient (Wildman–Crippen LogP) is 6.18. The molecule has 4 aromatic carbocycles. The topological polar surface area (TPSA) is 115 Å². The number of rotatable bonds is 8. The van der Waals surface area contributed by atoms with Crippen LogP contribution in [-0.4, -0.2) is 29.1 Å². The standard InChI is InChI=1S/C30H26ClNO6S/c31-21-8-6-7-19(17-21)26(33)16-15-25-29(32(30(25)35)22-9-2-1-3-10-22)20-13-14-23(27(34)18-20)24-11-4-5-12-28(24)39(36,37)38/h1-14,17-18,25-26,29,33-34H,15-16H2,(H,36,37,38). The molecule has 4 aromatic rings. The van der Waals surface area contributed by atoms with Gasteiger partial charge >= 0.3 is 0 Å². The van der Waals surface area contributed by atoms with Gasteiger partial charge in [0.1, 0.15) is 10.6 Å². The summed E-state index contributed by atoms with van der Waals surface area (Å²) in [5.41, 5.74) is 2.43. The molecule has 39 heavy (non-hydrogen) atoms. The van der Waals surface area contributed by atoms with E-state index < -0.39 is 28.2 Å². The molecule has 1 amide bonds. The molecule has 200 valence electrons. The van der Waals surface area contributed by atoms with Crippen molar-refractivity contribution in [2.75, 3.05) is 4.90 Å². The van der Waals surface area contributed by atoms with E-state index in [1.807, 2.05) is 30.3 Å². The molecule has 0 radical (unpaired) electrons. The van der Waals surface area contributed by atoms with E-state index >= 15 is 0 Å². The summed E-state index contributed by atoms with van der Waals surface area (Å²) in [4.78, 5) is 14.7. The predicted molar refractivity (Wildman–Crippen MR) is 149 cm³/mol. The molecule has 3 atom stereocenters. The number of phenols is 1. The number of aliphatic hydroxyl groups excluding tert-OH is 1. The Morgan fingerprint density at radius 1 is 0.872 bits per heavy atom. The highest BCUT2D eigenvalue weighted by Gasteiger charge is 2.48. The first-order chi connectivity index (χ1) is 18.6. The fourth-order valence-electron chi connectivity index (χ4n) is 5.18. The summed E-state index contributed by atoms with van der Waals surface area (Å²) in [6, 6.07) is 26.5. The van der Waals surface area contributed by atoms with E-state index in [1.165, 1.54) is 24.3 Å². The number of aliphatic hydroxyl groups is 1. The number of halogens is 1. The maximum atomic E-state index is 13.3. The molecule has 1 fully saturated rings. The third-order valence-electron chi connectivity index (χ3n) is 7.05. The van der Waals surface area contributed by atoms with Crippen molar-refractivity contribution in [2.24, 2.45) is 5.92 Å². The van der Waals surface area contributed by atoms with Crippen molar-refractivity contribution in [2.45, 2.75) is 29.9 Å². The number of hydrogen-bond acceptors (Lipinski definition) is 5. The van der Waals surface area contributed by atoms with Gasteiger partial charge in [-0.05, 0) is 60.4 Å². The number of amides is 1. The second kappa shape index (κ2) is 10.8. The monoisotopic (exact) mass is 563 g/mol. The molecule has 5 rings (SSSR count). The summed E-state index contributed by atoms with van der Waals surface area (Å²) in [7, 11) is -4.52. The van der Waals surface area contributed by atoms with Crippen LogP contribution in [0.15, 0.2) is 102 Å². The van der Waals surface area contributed by atoms with Gasteiger partial charge in [0.15, 0.2) is 0 Å². The van der Waals surface area contributed by atoms with Crippen LogP contribution in [0.3, 0.4) is 0 Å². The van der Waals surface area contributed by atoms with Gasteiger partial charge in [0.05, 0.1) is 18.1 Å². The Kier molecular flexibility index (Phi) is 7.46. The van der Waals surface area contributed by atoms with Crippen molar-refractivity contribution in [3.63, 3.8) is 0 Å². The summed E-state index contributed by atoms with van der Waals surface area (Å²) in [5.74, 6) is -0.729. The van der Waals surface area contributed by atoms with E-state index in [9.17, 15) is 28.0 Å². The van der Waals surface area contributed by atoms with Crippen LogP contribution in [0.2, 0.25) is 5.02 Å². The third kappa shape index (κ3) is 5.42. The van der Waals surface area contributed by atoms with Crippen molar-refractivity contribution in [3.8, 4) is 16.9 Å². The number of anilines is 1. The van der Waals surface area contributed by atoms with Gasteiger partial charge < -0.3 is 15.1 Å². The van der Waals surface area contributed by atoms with Gasteiger partial charge in [-0.15, -0.1) is 0 Å². The van der Waals surface area contributed by atoms with Crippen molar-refractivity contribution in [1.29, 1.82) is 0 Å². The normalized spacial score (nSPS) is 18.0. The zero-order valence-corrected chi connectivity index (χ0v) is 22.3. The molecule has 1 heterocycles. The molecule has 3 N–H and O–H groups in total. The van der Waals surface area contributed by atoms with E-state index in [0.717, 1.165) is 0 Å². The molecule has 0 saturated carbocycles. The number of nitrogens with zero attached hydrogens (tertiary/aromatic N) is 1. The molecule has 1 aliphatic heterocycles. The number of aromatic hydroxyl groups is 1. The van der Waals surface area contributed by atoms with Crippen LogP contribution in [0.25, 0.3) is 11.1 Å². The summed E-state index contributed by atoms with van der Waals surface area (Å²) in [6.45, 7) is 0. The lowest BCUT2D eigenvalue weighted by Crippen LogP contribution is -2.55. The van der Waals surface area contributed by atoms with Gasteiger partial charge in [-0.1, -0.05) is 72.3 Å². The molecular formula is C30H26ClNO6S. The molecular weight excluding hydrogens is 538 g/mol. The quantitative estimate of drug-likeness (QED) is 0.174. The van der Waals surface area contributed by atoms with Crippen LogP contribution >= 0.6 is 11.6 Å². The van der Waals surface area contributed by atoms with E-state index in [2.05, 4.69) is 0 Å². The smallest absolute Gasteiger partial charge is 0.295 e. The first kappa shape index (κ1) is 26.9. The lowest BCUT2D eigenvalue weighted by molar-refractivity contribution is -0.131. The second-order valence-corrected chi connectivity index (χ2v) is 11.3. The summed E-state index contributed by atoms with van der Waals surface area (Å²) in [5, 5.41) is 22.2. The van der Waals surface area contributed by atoms with Crippen LogP contribution in [-0.2, 0) is 14.9 Å². The molecule has 1 aliphatic rings. The average molecular weight is 564 g/mol. The largest absolute Gasteiger partial charge is 0.507 e. The molecule has 0 aliphatic carbocycles. The van der Waals surface area contributed by atoms with Crippen molar-refractivity contribution >= 4 is 33.3 Å². The van der Waals surface area contributed by atoms with E-state index in [0.29, 0.717) is 34.7 Å². The highest BCUT2D eigenvalue weighted by atomic mass is 35.5. The second-order valence-electron chi connectivity index (χ2n) is 9.49. The van der Waals surface area contributed by atoms with E-state index in [4.69, 9.17) is 11.6 Å². The van der Waals surface area contributed by atoms with Gasteiger partial charge in [-0.3, -0.25) is 9.35 Å². The molecule has 0 spiro atoms. The first-order valence-electron chi connectivity index (χ1n) is 12.4. The minimum atomic E-state index is -4.52. The molecule has 7 nitrogen and oxygen atoms in total. The lowest BCUT2D eigenvalue weighted by Gasteiger charge is -2.48. The Balaban J connectivity index is 1.47. The first-order valence-corrected chi connectivity index (χ1v) is 14.2. The maximum Gasteiger partial charge on any atom is 0.295 e. The Morgan fingerprint density at radius 3 is 2.28 bits per heavy atom. The lowest BCUT2D eigenvalue weighted by atomic mass is 9.78. The van der Waals surface area contributed by atoms with Crippen LogP contribution in [0, 0.1) is 5.92 Å². The van der Waals surface area contributed by atoms with Crippen molar-refractivity contribution in [1.82, 2.24) is 0 Å². The number of carbonyl (C=O) groups excluding carboxylic acids is 1. The number of benzene rings is 4. The van der Waals surface area contributed by atoms with Gasteiger partial charge in [0.25, 0.3) is 10.1 Å². The molecule has 3 unspecified atom stereocenters. The molecule has 0 aromatic heterocycles. The van der Waals surface area contributed by atoms with Crippen LogP contribution < -0.4 is 4.90 Å². The van der Waals surface area contributed by atoms with Gasteiger partial charge in [0, 0.05) is 21.8 Å². The zero-order valence-electron chi connectivity index (χ0n) is 20.7. The number of phenolic OH excluding ortho intramolecular Hbond substituents is 1. The Bertz CT molecular complexity index is 1630. The van der Waals surface area contributed by atoms with Crippen molar-refractivity contribution < 1.29 is 28.0 Å².